The lowest BCUT2D eigenvalue weighted by Gasteiger charge is -2.40. The van der Waals surface area contributed by atoms with Crippen molar-refractivity contribution < 1.29 is 18.7 Å². The minimum Gasteiger partial charge on any atom is -0.379 e. The minimum atomic E-state index is -1.45. The molecular weight excluding hydrogens is 340 g/mol. The molecule has 1 aromatic carbocycles. The molecule has 2 aliphatic heterocycles. The minimum absolute atomic E-state index is 0.0204. The third kappa shape index (κ3) is 4.22. The van der Waals surface area contributed by atoms with Crippen molar-refractivity contribution in [1.29, 1.82) is 0 Å². The Hall–Kier alpha value is -1.57. The summed E-state index contributed by atoms with van der Waals surface area (Å²) in [5, 5.41) is 11.0. The van der Waals surface area contributed by atoms with Crippen molar-refractivity contribution in [3.63, 3.8) is 0 Å². The molecule has 2 heterocycles. The molecule has 5 nitrogen and oxygen atoms in total. The summed E-state index contributed by atoms with van der Waals surface area (Å²) in [6.45, 7) is 4.29. The summed E-state index contributed by atoms with van der Waals surface area (Å²) in [5.41, 5.74) is -1.32. The van der Waals surface area contributed by atoms with E-state index >= 15 is 0 Å². The van der Waals surface area contributed by atoms with Gasteiger partial charge in [0, 0.05) is 38.3 Å². The van der Waals surface area contributed by atoms with Gasteiger partial charge in [-0.25, -0.2) is 8.78 Å². The third-order valence-corrected chi connectivity index (χ3v) is 5.39. The number of piperidine rings is 1. The highest BCUT2D eigenvalue weighted by atomic mass is 19.2. The van der Waals surface area contributed by atoms with Crippen molar-refractivity contribution in [3.05, 3.63) is 35.4 Å². The van der Waals surface area contributed by atoms with Crippen LogP contribution in [0.5, 0.6) is 0 Å². The molecule has 3 rings (SSSR count). The molecule has 2 saturated heterocycles. The third-order valence-electron chi connectivity index (χ3n) is 5.39. The smallest absolute Gasteiger partial charge is 0.256 e. The van der Waals surface area contributed by atoms with E-state index in [4.69, 9.17) is 0 Å². The average molecular weight is 367 g/mol. The quantitative estimate of drug-likeness (QED) is 0.875. The number of hydrogen-bond acceptors (Lipinski definition) is 4. The van der Waals surface area contributed by atoms with E-state index in [9.17, 15) is 18.7 Å². The molecule has 0 saturated carbocycles. The van der Waals surface area contributed by atoms with Crippen LogP contribution in [0.25, 0.3) is 0 Å². The number of nitrogens with zero attached hydrogens (tertiary/aromatic N) is 3. The number of β-amino-alcohol motifs (C(OH)–C–C–N with tert-alkyl or cyclic N) is 1. The second kappa shape index (κ2) is 7.98. The van der Waals surface area contributed by atoms with Crippen LogP contribution in [0.1, 0.15) is 24.8 Å². The van der Waals surface area contributed by atoms with Crippen molar-refractivity contribution in [1.82, 2.24) is 14.7 Å². The Balaban J connectivity index is 1.69. The van der Waals surface area contributed by atoms with E-state index in [1.165, 1.54) is 17.0 Å². The Labute approximate surface area is 153 Å². The Kier molecular flexibility index (Phi) is 5.89. The van der Waals surface area contributed by atoms with Crippen LogP contribution in [0, 0.1) is 11.6 Å². The van der Waals surface area contributed by atoms with Gasteiger partial charge in [-0.1, -0.05) is 12.1 Å². The van der Waals surface area contributed by atoms with Crippen LogP contribution in [0.2, 0.25) is 0 Å². The number of amides is 1. The average Bonchev–Trinajstić information content (AvgIpc) is 2.80. The van der Waals surface area contributed by atoms with E-state index in [1.54, 1.807) is 0 Å². The Morgan fingerprint density at radius 3 is 2.73 bits per heavy atom. The molecule has 0 aliphatic carbocycles. The zero-order valence-corrected chi connectivity index (χ0v) is 15.3. The van der Waals surface area contributed by atoms with Crippen LogP contribution in [0.3, 0.4) is 0 Å². The summed E-state index contributed by atoms with van der Waals surface area (Å²) < 4.78 is 27.4. The fourth-order valence-electron chi connectivity index (χ4n) is 3.87. The molecule has 1 unspecified atom stereocenters. The number of likely N-dealkylation sites (N-methyl/N-ethyl adjacent to an activating group) is 1. The van der Waals surface area contributed by atoms with Gasteiger partial charge in [0.15, 0.2) is 17.2 Å². The molecule has 7 heteroatoms. The number of carbonyl (C=O) groups excluding carboxylic acids is 1. The van der Waals surface area contributed by atoms with Crippen molar-refractivity contribution in [3.8, 4) is 0 Å². The number of benzene rings is 1. The predicted molar refractivity (Wildman–Crippen MR) is 94.5 cm³/mol. The van der Waals surface area contributed by atoms with Crippen LogP contribution < -0.4 is 0 Å². The summed E-state index contributed by atoms with van der Waals surface area (Å²) in [4.78, 5) is 18.7. The van der Waals surface area contributed by atoms with E-state index < -0.39 is 17.2 Å². The molecule has 26 heavy (non-hydrogen) atoms. The molecule has 2 fully saturated rings. The summed E-state index contributed by atoms with van der Waals surface area (Å²) in [5.74, 6) is -2.23. The molecule has 1 N–H and O–H groups in total. The Morgan fingerprint density at radius 1 is 1.12 bits per heavy atom. The van der Waals surface area contributed by atoms with Gasteiger partial charge in [0.2, 0.25) is 0 Å². The summed E-state index contributed by atoms with van der Waals surface area (Å²) >= 11 is 0. The van der Waals surface area contributed by atoms with Gasteiger partial charge in [-0.15, -0.1) is 0 Å². The van der Waals surface area contributed by atoms with Crippen LogP contribution in [-0.4, -0.2) is 77.6 Å². The summed E-state index contributed by atoms with van der Waals surface area (Å²) in [7, 11) is 2.07. The number of rotatable bonds is 4. The first-order valence-electron chi connectivity index (χ1n) is 9.24. The lowest BCUT2D eigenvalue weighted by molar-refractivity contribution is -0.160. The number of halogens is 2. The van der Waals surface area contributed by atoms with Gasteiger partial charge in [-0.05, 0) is 45.5 Å². The Bertz CT molecular complexity index is 658. The van der Waals surface area contributed by atoms with E-state index in [1.807, 2.05) is 0 Å². The molecule has 0 spiro atoms. The van der Waals surface area contributed by atoms with E-state index in [0.29, 0.717) is 25.9 Å². The van der Waals surface area contributed by atoms with Crippen LogP contribution in [0.15, 0.2) is 18.2 Å². The molecule has 1 atom stereocenters. The maximum absolute atomic E-state index is 13.9. The molecule has 1 amide bonds. The second-order valence-corrected chi connectivity index (χ2v) is 7.51. The van der Waals surface area contributed by atoms with Gasteiger partial charge in [-0.2, -0.15) is 0 Å². The van der Waals surface area contributed by atoms with Crippen molar-refractivity contribution in [2.24, 2.45) is 0 Å². The van der Waals surface area contributed by atoms with Gasteiger partial charge in [-0.3, -0.25) is 9.69 Å². The zero-order chi connectivity index (χ0) is 18.7. The van der Waals surface area contributed by atoms with Crippen LogP contribution >= 0.6 is 0 Å². The lowest BCUT2D eigenvalue weighted by atomic mass is 9.90. The van der Waals surface area contributed by atoms with Crippen molar-refractivity contribution >= 4 is 5.91 Å². The predicted octanol–water partition coefficient (Wildman–Crippen LogP) is 1.46. The molecule has 0 radical (unpaired) electrons. The van der Waals surface area contributed by atoms with Crippen LogP contribution in [0.4, 0.5) is 8.78 Å². The number of aliphatic hydroxyl groups is 1. The number of carbonyl (C=O) groups is 1. The Morgan fingerprint density at radius 2 is 1.92 bits per heavy atom. The lowest BCUT2D eigenvalue weighted by Crippen LogP contribution is -2.58. The van der Waals surface area contributed by atoms with Crippen molar-refractivity contribution in [2.75, 3.05) is 46.3 Å². The maximum atomic E-state index is 13.9. The van der Waals surface area contributed by atoms with E-state index in [-0.39, 0.29) is 18.0 Å². The zero-order valence-electron chi connectivity index (χ0n) is 15.3. The second-order valence-electron chi connectivity index (χ2n) is 7.51. The van der Waals surface area contributed by atoms with Crippen molar-refractivity contribution in [2.45, 2.75) is 31.4 Å². The molecule has 0 bridgehead atoms. The first-order valence-corrected chi connectivity index (χ1v) is 9.24. The highest BCUT2D eigenvalue weighted by Gasteiger charge is 2.43. The summed E-state index contributed by atoms with van der Waals surface area (Å²) in [6, 6.07) is 3.97. The molecule has 0 aromatic heterocycles. The normalized spacial score (nSPS) is 26.2. The SMILES string of the molecule is CN1CCCN(CC2(O)CCCN(Cc3cccc(F)c3F)C2=O)CC1. The van der Waals surface area contributed by atoms with Gasteiger partial charge in [0.25, 0.3) is 5.91 Å². The standard InChI is InChI=1S/C19H27F2N3O2/c1-22-8-4-9-23(12-11-22)14-19(26)7-3-10-24(18(19)25)13-15-5-2-6-16(20)17(15)21/h2,5-6,26H,3-4,7-14H2,1H3. The first kappa shape index (κ1) is 19.2. The number of likely N-dealkylation sites (tertiary alicyclic amines) is 1. The highest BCUT2D eigenvalue weighted by molar-refractivity contribution is 5.86. The van der Waals surface area contributed by atoms with Crippen LogP contribution in [-0.2, 0) is 11.3 Å². The van der Waals surface area contributed by atoms with Gasteiger partial charge < -0.3 is 14.9 Å². The van der Waals surface area contributed by atoms with E-state index in [0.717, 1.165) is 38.7 Å². The van der Waals surface area contributed by atoms with Gasteiger partial charge in [0.1, 0.15) is 0 Å². The fraction of sp³-hybridized carbons (Fsp3) is 0.632. The van der Waals surface area contributed by atoms with Gasteiger partial charge in [0.05, 0.1) is 0 Å². The molecule has 1 aromatic rings. The van der Waals surface area contributed by atoms with E-state index in [2.05, 4.69) is 16.8 Å². The van der Waals surface area contributed by atoms with Gasteiger partial charge >= 0.3 is 0 Å². The topological polar surface area (TPSA) is 47.0 Å². The first-order chi connectivity index (χ1) is 12.4. The highest BCUT2D eigenvalue weighted by Crippen LogP contribution is 2.26. The molecular formula is C19H27F2N3O2. The fourth-order valence-corrected chi connectivity index (χ4v) is 3.87. The summed E-state index contributed by atoms with van der Waals surface area (Å²) in [6.07, 6.45) is 2.05. The molecule has 144 valence electrons. The largest absolute Gasteiger partial charge is 0.379 e. The monoisotopic (exact) mass is 367 g/mol. The molecule has 2 aliphatic rings. The maximum Gasteiger partial charge on any atom is 0.256 e. The number of hydrogen-bond donors (Lipinski definition) is 1.